The van der Waals surface area contributed by atoms with Crippen molar-refractivity contribution < 1.29 is 9.32 Å². The first-order chi connectivity index (χ1) is 12.2. The van der Waals surface area contributed by atoms with Crippen LogP contribution in [0.3, 0.4) is 0 Å². The number of carbonyl (C=O) groups excluding carboxylic acids is 1. The molecule has 1 amide bonds. The third kappa shape index (κ3) is 3.32. The molecule has 0 bridgehead atoms. The zero-order chi connectivity index (χ0) is 17.2. The van der Waals surface area contributed by atoms with E-state index in [9.17, 15) is 4.79 Å². The minimum absolute atomic E-state index is 0.0790. The van der Waals surface area contributed by atoms with Gasteiger partial charge in [-0.1, -0.05) is 18.1 Å². The van der Waals surface area contributed by atoms with Gasteiger partial charge in [0.05, 0.1) is 12.3 Å². The normalized spacial score (nSPS) is 20.1. The minimum Gasteiger partial charge on any atom is -0.341 e. The van der Waals surface area contributed by atoms with E-state index in [0.29, 0.717) is 24.7 Å². The average molecular weight is 354 g/mol. The Morgan fingerprint density at radius 2 is 2.16 bits per heavy atom. The number of aromatic nitrogens is 3. The third-order valence-electron chi connectivity index (χ3n) is 4.57. The zero-order valence-corrected chi connectivity index (χ0v) is 14.6. The van der Waals surface area contributed by atoms with E-state index in [0.717, 1.165) is 17.0 Å². The van der Waals surface area contributed by atoms with Gasteiger partial charge in [0.25, 0.3) is 0 Å². The molecule has 25 heavy (non-hydrogen) atoms. The highest BCUT2D eigenvalue weighted by atomic mass is 32.1. The van der Waals surface area contributed by atoms with Crippen LogP contribution in [0.5, 0.6) is 0 Å². The molecule has 0 spiro atoms. The molecule has 4 rings (SSSR count). The van der Waals surface area contributed by atoms with E-state index in [1.54, 1.807) is 23.7 Å². The predicted molar refractivity (Wildman–Crippen MR) is 94.0 cm³/mol. The maximum Gasteiger partial charge on any atom is 0.232 e. The summed E-state index contributed by atoms with van der Waals surface area (Å²) in [5.41, 5.74) is 0.876. The summed E-state index contributed by atoms with van der Waals surface area (Å²) in [4.78, 5) is 24.1. The molecule has 0 saturated carbocycles. The Bertz CT molecular complexity index is 847. The van der Waals surface area contributed by atoms with E-state index in [-0.39, 0.29) is 17.7 Å². The van der Waals surface area contributed by atoms with Crippen molar-refractivity contribution in [1.29, 1.82) is 0 Å². The van der Waals surface area contributed by atoms with Gasteiger partial charge in [-0.3, -0.25) is 9.78 Å². The van der Waals surface area contributed by atoms with E-state index in [4.69, 9.17) is 4.52 Å². The number of rotatable bonds is 4. The maximum atomic E-state index is 12.5. The lowest BCUT2D eigenvalue weighted by Crippen LogP contribution is -2.30. The van der Waals surface area contributed by atoms with Crippen LogP contribution in [0.15, 0.2) is 46.6 Å². The van der Waals surface area contributed by atoms with Crippen molar-refractivity contribution in [2.45, 2.75) is 19.3 Å². The van der Waals surface area contributed by atoms with Crippen LogP contribution in [-0.4, -0.2) is 39.0 Å². The summed E-state index contributed by atoms with van der Waals surface area (Å²) in [6.45, 7) is 3.48. The smallest absolute Gasteiger partial charge is 0.232 e. The summed E-state index contributed by atoms with van der Waals surface area (Å²) in [6.07, 6.45) is 3.87. The first-order valence-electron chi connectivity index (χ1n) is 8.25. The van der Waals surface area contributed by atoms with E-state index >= 15 is 0 Å². The molecule has 0 N–H and O–H groups in total. The largest absolute Gasteiger partial charge is 0.341 e. The Hall–Kier alpha value is -2.54. The zero-order valence-electron chi connectivity index (χ0n) is 13.8. The van der Waals surface area contributed by atoms with Gasteiger partial charge in [-0.05, 0) is 29.5 Å². The number of hydrogen-bond acceptors (Lipinski definition) is 6. The number of thiophene rings is 1. The molecule has 3 aromatic rings. The van der Waals surface area contributed by atoms with Crippen LogP contribution in [0.2, 0.25) is 0 Å². The van der Waals surface area contributed by atoms with E-state index < -0.39 is 0 Å². The first-order valence-corrected chi connectivity index (χ1v) is 9.13. The van der Waals surface area contributed by atoms with Crippen LogP contribution >= 0.6 is 11.3 Å². The van der Waals surface area contributed by atoms with Crippen molar-refractivity contribution in [3.63, 3.8) is 0 Å². The van der Waals surface area contributed by atoms with E-state index in [1.807, 2.05) is 34.5 Å². The van der Waals surface area contributed by atoms with Crippen molar-refractivity contribution in [2.75, 3.05) is 13.1 Å². The van der Waals surface area contributed by atoms with Crippen molar-refractivity contribution in [3.05, 3.63) is 52.8 Å². The minimum atomic E-state index is 0.0790. The van der Waals surface area contributed by atoms with Gasteiger partial charge in [0.2, 0.25) is 17.6 Å². The molecule has 0 aromatic carbocycles. The lowest BCUT2D eigenvalue weighted by atomic mass is 9.98. The highest BCUT2D eigenvalue weighted by molar-refractivity contribution is 7.10. The van der Waals surface area contributed by atoms with Crippen LogP contribution in [-0.2, 0) is 11.2 Å². The van der Waals surface area contributed by atoms with Gasteiger partial charge in [-0.2, -0.15) is 4.98 Å². The van der Waals surface area contributed by atoms with Crippen molar-refractivity contribution in [3.8, 4) is 11.4 Å². The first kappa shape index (κ1) is 16.0. The molecule has 1 aliphatic heterocycles. The molecule has 0 radical (unpaired) electrons. The molecule has 2 atom stereocenters. The second-order valence-corrected chi connectivity index (χ2v) is 7.36. The van der Waals surface area contributed by atoms with Gasteiger partial charge in [0.15, 0.2) is 0 Å². The molecule has 128 valence electrons. The van der Waals surface area contributed by atoms with Crippen LogP contribution in [0.25, 0.3) is 11.4 Å². The second kappa shape index (κ2) is 6.76. The quantitative estimate of drug-likeness (QED) is 0.720. The Morgan fingerprint density at radius 3 is 2.92 bits per heavy atom. The fraction of sp³-hybridized carbons (Fsp3) is 0.333. The second-order valence-electron chi connectivity index (χ2n) is 6.33. The molecule has 0 unspecified atom stereocenters. The van der Waals surface area contributed by atoms with Crippen molar-refractivity contribution in [2.24, 2.45) is 5.92 Å². The number of amides is 1. The Kier molecular flexibility index (Phi) is 4.31. The number of nitrogens with zero attached hydrogens (tertiary/aromatic N) is 4. The SMILES string of the molecule is C[C@@H]1CN(C(=O)Cc2cccs2)C[C@H]1c1nc(-c2ccncc2)no1. The highest BCUT2D eigenvalue weighted by Crippen LogP contribution is 2.32. The Labute approximate surface area is 149 Å². The van der Waals surface area contributed by atoms with E-state index in [1.165, 1.54) is 0 Å². The van der Waals surface area contributed by atoms with Gasteiger partial charge >= 0.3 is 0 Å². The standard InChI is InChI=1S/C18H18N4O2S/c1-12-10-22(16(23)9-14-3-2-8-25-14)11-15(12)18-20-17(21-24-18)13-4-6-19-7-5-13/h2-8,12,15H,9-11H2,1H3/t12-,15-/m1/s1. The lowest BCUT2D eigenvalue weighted by molar-refractivity contribution is -0.129. The number of hydrogen-bond donors (Lipinski definition) is 0. The fourth-order valence-corrected chi connectivity index (χ4v) is 3.87. The molecular weight excluding hydrogens is 336 g/mol. The predicted octanol–water partition coefficient (Wildman–Crippen LogP) is 3.00. The Morgan fingerprint density at radius 1 is 1.32 bits per heavy atom. The lowest BCUT2D eigenvalue weighted by Gasteiger charge is -2.15. The molecule has 1 fully saturated rings. The monoisotopic (exact) mass is 354 g/mol. The summed E-state index contributed by atoms with van der Waals surface area (Å²) in [5, 5.41) is 6.08. The molecule has 0 aliphatic carbocycles. The molecule has 7 heteroatoms. The van der Waals surface area contributed by atoms with Crippen molar-refractivity contribution in [1.82, 2.24) is 20.0 Å². The van der Waals surface area contributed by atoms with Gasteiger partial charge < -0.3 is 9.42 Å². The highest BCUT2D eigenvalue weighted by Gasteiger charge is 2.36. The van der Waals surface area contributed by atoms with Gasteiger partial charge in [-0.25, -0.2) is 0 Å². The molecular formula is C18H18N4O2S. The third-order valence-corrected chi connectivity index (χ3v) is 5.44. The van der Waals surface area contributed by atoms with Crippen LogP contribution < -0.4 is 0 Å². The Balaban J connectivity index is 1.46. The van der Waals surface area contributed by atoms with Crippen LogP contribution in [0.4, 0.5) is 0 Å². The summed E-state index contributed by atoms with van der Waals surface area (Å²) in [6, 6.07) is 7.67. The van der Waals surface area contributed by atoms with Crippen LogP contribution in [0, 0.1) is 5.92 Å². The van der Waals surface area contributed by atoms with Gasteiger partial charge in [0.1, 0.15) is 0 Å². The topological polar surface area (TPSA) is 72.1 Å². The number of likely N-dealkylation sites (tertiary alicyclic amines) is 1. The number of pyridine rings is 1. The summed E-state index contributed by atoms with van der Waals surface area (Å²) in [5.74, 6) is 1.69. The summed E-state index contributed by atoms with van der Waals surface area (Å²) in [7, 11) is 0. The van der Waals surface area contributed by atoms with Crippen LogP contribution in [0.1, 0.15) is 23.6 Å². The number of carbonyl (C=O) groups is 1. The molecule has 1 saturated heterocycles. The molecule has 1 aliphatic rings. The summed E-state index contributed by atoms with van der Waals surface area (Å²) < 4.78 is 5.49. The summed E-state index contributed by atoms with van der Waals surface area (Å²) >= 11 is 1.62. The van der Waals surface area contributed by atoms with E-state index in [2.05, 4.69) is 22.0 Å². The molecule has 4 heterocycles. The average Bonchev–Trinajstić information content (AvgIpc) is 3.36. The van der Waals surface area contributed by atoms with Crippen molar-refractivity contribution >= 4 is 17.2 Å². The molecule has 6 nitrogen and oxygen atoms in total. The van der Waals surface area contributed by atoms with Gasteiger partial charge in [0, 0.05) is 35.9 Å². The fourth-order valence-electron chi connectivity index (χ4n) is 3.17. The molecule has 3 aromatic heterocycles. The maximum absolute atomic E-state index is 12.5. The van der Waals surface area contributed by atoms with Gasteiger partial charge in [-0.15, -0.1) is 11.3 Å².